The average molecular weight is 165 g/mol. The molecule has 1 aromatic heterocycles. The zero-order chi connectivity index (χ0) is 8.39. The molecule has 1 aliphatic rings. The first-order valence-corrected chi connectivity index (χ1v) is 4.18. The molecule has 64 valence electrons. The largest absolute Gasteiger partial charge is 0.313 e. The third-order valence-electron chi connectivity index (χ3n) is 2.25. The highest BCUT2D eigenvalue weighted by Crippen LogP contribution is 2.24. The highest BCUT2D eigenvalue weighted by molar-refractivity contribution is 5.71. The summed E-state index contributed by atoms with van der Waals surface area (Å²) < 4.78 is 0. The molecule has 0 bridgehead atoms. The van der Waals surface area contributed by atoms with E-state index < -0.39 is 0 Å². The predicted octanol–water partition coefficient (Wildman–Crippen LogP) is 0.857. The second-order valence-corrected chi connectivity index (χ2v) is 2.99. The summed E-state index contributed by atoms with van der Waals surface area (Å²) in [5.74, 6) is 0.778. The highest BCUT2D eigenvalue weighted by Gasteiger charge is 2.15. The zero-order valence-corrected chi connectivity index (χ0v) is 6.76. The molecular formula is C8H11N3O. The molecule has 2 N–H and O–H groups in total. The number of hydrogen-bond donors (Lipinski definition) is 2. The third-order valence-corrected chi connectivity index (χ3v) is 2.25. The normalized spacial score (nSPS) is 15.3. The quantitative estimate of drug-likeness (QED) is 0.638. The summed E-state index contributed by atoms with van der Waals surface area (Å²) in [6, 6.07) is 0. The van der Waals surface area contributed by atoms with E-state index in [4.69, 9.17) is 0 Å². The molecule has 12 heavy (non-hydrogen) atoms. The van der Waals surface area contributed by atoms with Gasteiger partial charge in [0.05, 0.1) is 5.69 Å². The van der Waals surface area contributed by atoms with Crippen molar-refractivity contribution < 1.29 is 4.79 Å². The summed E-state index contributed by atoms with van der Waals surface area (Å²) in [5.41, 5.74) is 2.30. The smallest absolute Gasteiger partial charge is 0.212 e. The Morgan fingerprint density at radius 3 is 3.08 bits per heavy atom. The van der Waals surface area contributed by atoms with E-state index in [-0.39, 0.29) is 0 Å². The fourth-order valence-corrected chi connectivity index (χ4v) is 1.65. The molecule has 1 aromatic rings. The number of amides is 1. The molecule has 0 saturated carbocycles. The zero-order valence-electron chi connectivity index (χ0n) is 6.76. The summed E-state index contributed by atoms with van der Waals surface area (Å²) in [6.07, 6.45) is 5.15. The Morgan fingerprint density at radius 1 is 1.42 bits per heavy atom. The van der Waals surface area contributed by atoms with Crippen LogP contribution in [-0.2, 0) is 17.6 Å². The SMILES string of the molecule is O=CNc1[nH]nc2c1CCCC2. The monoisotopic (exact) mass is 165 g/mol. The fourth-order valence-electron chi connectivity index (χ4n) is 1.65. The van der Waals surface area contributed by atoms with Crippen LogP contribution in [0.5, 0.6) is 0 Å². The van der Waals surface area contributed by atoms with E-state index in [1.807, 2.05) is 0 Å². The number of carbonyl (C=O) groups excluding carboxylic acids is 1. The van der Waals surface area contributed by atoms with Crippen molar-refractivity contribution in [3.05, 3.63) is 11.3 Å². The van der Waals surface area contributed by atoms with Crippen LogP contribution in [0.15, 0.2) is 0 Å². The van der Waals surface area contributed by atoms with Crippen LogP contribution < -0.4 is 5.32 Å². The van der Waals surface area contributed by atoms with Gasteiger partial charge < -0.3 is 5.32 Å². The number of aromatic amines is 1. The number of H-pyrrole nitrogens is 1. The van der Waals surface area contributed by atoms with Crippen molar-refractivity contribution in [1.29, 1.82) is 0 Å². The van der Waals surface area contributed by atoms with Gasteiger partial charge in [-0.25, -0.2) is 0 Å². The predicted molar refractivity (Wildman–Crippen MR) is 44.9 cm³/mol. The Kier molecular flexibility index (Phi) is 1.81. The molecule has 0 saturated heterocycles. The summed E-state index contributed by atoms with van der Waals surface area (Å²) in [5, 5.41) is 9.57. The van der Waals surface area contributed by atoms with E-state index >= 15 is 0 Å². The molecule has 0 fully saturated rings. The lowest BCUT2D eigenvalue weighted by Gasteiger charge is -2.09. The first-order valence-electron chi connectivity index (χ1n) is 4.18. The molecule has 4 nitrogen and oxygen atoms in total. The number of fused-ring (bicyclic) bond motifs is 1. The van der Waals surface area contributed by atoms with Crippen molar-refractivity contribution in [2.24, 2.45) is 0 Å². The molecule has 0 aromatic carbocycles. The van der Waals surface area contributed by atoms with Crippen molar-refractivity contribution >= 4 is 12.2 Å². The van der Waals surface area contributed by atoms with E-state index in [9.17, 15) is 4.79 Å². The number of rotatable bonds is 2. The Hall–Kier alpha value is -1.32. The minimum absolute atomic E-state index is 0.683. The van der Waals surface area contributed by atoms with Crippen LogP contribution in [0.25, 0.3) is 0 Å². The Morgan fingerprint density at radius 2 is 2.25 bits per heavy atom. The van der Waals surface area contributed by atoms with Gasteiger partial charge in [-0.1, -0.05) is 0 Å². The molecule has 1 aliphatic carbocycles. The van der Waals surface area contributed by atoms with Crippen molar-refractivity contribution in [1.82, 2.24) is 10.2 Å². The lowest BCUT2D eigenvalue weighted by molar-refractivity contribution is -0.105. The number of anilines is 1. The second kappa shape index (κ2) is 2.97. The molecule has 0 radical (unpaired) electrons. The fraction of sp³-hybridized carbons (Fsp3) is 0.500. The molecule has 0 spiro atoms. The number of nitrogens with zero attached hydrogens (tertiary/aromatic N) is 1. The van der Waals surface area contributed by atoms with E-state index in [2.05, 4.69) is 15.5 Å². The van der Waals surface area contributed by atoms with Crippen LogP contribution in [0.3, 0.4) is 0 Å². The molecule has 0 aliphatic heterocycles. The van der Waals surface area contributed by atoms with Gasteiger partial charge in [0.15, 0.2) is 0 Å². The Labute approximate surface area is 70.4 Å². The first kappa shape index (κ1) is 7.34. The minimum Gasteiger partial charge on any atom is -0.313 e. The van der Waals surface area contributed by atoms with Crippen LogP contribution in [0, 0.1) is 0 Å². The third kappa shape index (κ3) is 1.09. The molecule has 0 atom stereocenters. The molecule has 1 heterocycles. The van der Waals surface area contributed by atoms with Crippen molar-refractivity contribution in [3.63, 3.8) is 0 Å². The molecule has 1 amide bonds. The van der Waals surface area contributed by atoms with E-state index in [0.717, 1.165) is 24.4 Å². The van der Waals surface area contributed by atoms with Gasteiger partial charge in [0.2, 0.25) is 6.41 Å². The summed E-state index contributed by atoms with van der Waals surface area (Å²) in [6.45, 7) is 0. The van der Waals surface area contributed by atoms with Crippen LogP contribution >= 0.6 is 0 Å². The van der Waals surface area contributed by atoms with Gasteiger partial charge in [0.1, 0.15) is 5.82 Å². The summed E-state index contributed by atoms with van der Waals surface area (Å²) in [4.78, 5) is 10.2. The maximum Gasteiger partial charge on any atom is 0.212 e. The topological polar surface area (TPSA) is 57.8 Å². The molecule has 2 rings (SSSR count). The van der Waals surface area contributed by atoms with Crippen molar-refractivity contribution in [2.75, 3.05) is 5.32 Å². The van der Waals surface area contributed by atoms with Crippen LogP contribution in [0.4, 0.5) is 5.82 Å². The second-order valence-electron chi connectivity index (χ2n) is 2.99. The first-order chi connectivity index (χ1) is 5.92. The van der Waals surface area contributed by atoms with Crippen LogP contribution in [-0.4, -0.2) is 16.6 Å². The lowest BCUT2D eigenvalue weighted by atomic mass is 9.98. The molecule has 0 unspecified atom stereocenters. The summed E-state index contributed by atoms with van der Waals surface area (Å²) in [7, 11) is 0. The van der Waals surface area contributed by atoms with Crippen molar-refractivity contribution in [2.45, 2.75) is 25.7 Å². The van der Waals surface area contributed by atoms with E-state index in [1.54, 1.807) is 0 Å². The number of nitrogens with one attached hydrogen (secondary N) is 2. The van der Waals surface area contributed by atoms with Gasteiger partial charge in [-0.2, -0.15) is 5.10 Å². The number of aromatic nitrogens is 2. The Balaban J connectivity index is 2.31. The number of carbonyl (C=O) groups is 1. The number of aryl methyl sites for hydroxylation is 1. The number of hydrogen-bond acceptors (Lipinski definition) is 2. The van der Waals surface area contributed by atoms with Gasteiger partial charge in [-0.3, -0.25) is 9.89 Å². The van der Waals surface area contributed by atoms with E-state index in [1.165, 1.54) is 18.4 Å². The van der Waals surface area contributed by atoms with Crippen molar-refractivity contribution in [3.8, 4) is 0 Å². The van der Waals surface area contributed by atoms with Gasteiger partial charge in [0.25, 0.3) is 0 Å². The Bertz CT molecular complexity index is 292. The van der Waals surface area contributed by atoms with E-state index in [0.29, 0.717) is 6.41 Å². The van der Waals surface area contributed by atoms with Crippen LogP contribution in [0.2, 0.25) is 0 Å². The lowest BCUT2D eigenvalue weighted by Crippen LogP contribution is -2.03. The van der Waals surface area contributed by atoms with Gasteiger partial charge >= 0.3 is 0 Å². The van der Waals surface area contributed by atoms with Gasteiger partial charge in [0, 0.05) is 5.56 Å². The van der Waals surface area contributed by atoms with Crippen LogP contribution in [0.1, 0.15) is 24.1 Å². The maximum atomic E-state index is 10.2. The summed E-state index contributed by atoms with van der Waals surface area (Å²) >= 11 is 0. The van der Waals surface area contributed by atoms with Gasteiger partial charge in [-0.15, -0.1) is 0 Å². The average Bonchev–Trinajstić information content (AvgIpc) is 2.50. The molecule has 4 heteroatoms. The molecular weight excluding hydrogens is 154 g/mol. The maximum absolute atomic E-state index is 10.2. The van der Waals surface area contributed by atoms with Gasteiger partial charge in [-0.05, 0) is 25.7 Å². The minimum atomic E-state index is 0.683. The highest BCUT2D eigenvalue weighted by atomic mass is 16.1. The standard InChI is InChI=1S/C8H11N3O/c12-5-9-8-6-3-1-2-4-7(6)10-11-8/h5H,1-4H2,(H2,9,10,11,12).